The number of anilines is 1. The van der Waals surface area contributed by atoms with E-state index in [9.17, 15) is 4.79 Å². The fourth-order valence-electron chi connectivity index (χ4n) is 2.76. The second-order valence-corrected chi connectivity index (χ2v) is 6.24. The van der Waals surface area contributed by atoms with Crippen LogP contribution in [0.15, 0.2) is 42.5 Å². The average molecular weight is 323 g/mol. The monoisotopic (exact) mass is 323 g/mol. The topological polar surface area (TPSA) is 38.3 Å². The molecule has 0 aliphatic heterocycles. The highest BCUT2D eigenvalue weighted by Crippen LogP contribution is 2.25. The van der Waals surface area contributed by atoms with Crippen molar-refractivity contribution in [1.82, 2.24) is 0 Å². The zero-order valence-electron chi connectivity index (χ0n) is 15.0. The Balaban J connectivity index is 2.18. The van der Waals surface area contributed by atoms with E-state index >= 15 is 0 Å². The van der Waals surface area contributed by atoms with Crippen LogP contribution in [0.4, 0.5) is 5.69 Å². The largest absolute Gasteiger partial charge is 0.497 e. The molecule has 2 aromatic carbocycles. The Labute approximate surface area is 144 Å². The van der Waals surface area contributed by atoms with E-state index in [1.807, 2.05) is 56.3 Å². The van der Waals surface area contributed by atoms with Gasteiger partial charge in [0, 0.05) is 11.8 Å². The molecule has 3 nitrogen and oxygen atoms in total. The van der Waals surface area contributed by atoms with Crippen LogP contribution in [0.5, 0.6) is 5.75 Å². The van der Waals surface area contributed by atoms with Crippen LogP contribution in [-0.4, -0.2) is 13.0 Å². The SMILES string of the molecule is COc1cc(C)c(/C=C/C(=O)Nc2ccccc2C(C)C)c(C)c1. The Hall–Kier alpha value is -2.55. The van der Waals surface area contributed by atoms with Gasteiger partial charge >= 0.3 is 0 Å². The molecular formula is C21H25NO2. The summed E-state index contributed by atoms with van der Waals surface area (Å²) in [5, 5.41) is 2.97. The molecule has 0 aliphatic carbocycles. The number of methoxy groups -OCH3 is 1. The fraction of sp³-hybridized carbons (Fsp3) is 0.286. The molecule has 0 bridgehead atoms. The van der Waals surface area contributed by atoms with Gasteiger partial charge in [-0.2, -0.15) is 0 Å². The van der Waals surface area contributed by atoms with Gasteiger partial charge < -0.3 is 10.1 Å². The maximum Gasteiger partial charge on any atom is 0.248 e. The van der Waals surface area contributed by atoms with Gasteiger partial charge in [-0.3, -0.25) is 4.79 Å². The predicted molar refractivity (Wildman–Crippen MR) is 101 cm³/mol. The molecule has 1 amide bonds. The highest BCUT2D eigenvalue weighted by atomic mass is 16.5. The summed E-state index contributed by atoms with van der Waals surface area (Å²) in [6.07, 6.45) is 3.44. The molecule has 0 aliphatic rings. The molecule has 0 atom stereocenters. The van der Waals surface area contributed by atoms with Crippen LogP contribution in [0.3, 0.4) is 0 Å². The Morgan fingerprint density at radius 2 is 1.75 bits per heavy atom. The van der Waals surface area contributed by atoms with Gasteiger partial charge in [-0.05, 0) is 66.3 Å². The van der Waals surface area contributed by atoms with Crippen molar-refractivity contribution < 1.29 is 9.53 Å². The Kier molecular flexibility index (Phi) is 5.80. The summed E-state index contributed by atoms with van der Waals surface area (Å²) in [6, 6.07) is 11.8. The number of benzene rings is 2. The first-order valence-electron chi connectivity index (χ1n) is 8.15. The quantitative estimate of drug-likeness (QED) is 0.779. The van der Waals surface area contributed by atoms with Gasteiger partial charge in [0.25, 0.3) is 0 Å². The molecular weight excluding hydrogens is 298 g/mol. The van der Waals surface area contributed by atoms with Crippen molar-refractivity contribution in [2.75, 3.05) is 12.4 Å². The summed E-state index contributed by atoms with van der Waals surface area (Å²) < 4.78 is 5.27. The van der Waals surface area contributed by atoms with Gasteiger partial charge in [0.05, 0.1) is 7.11 Å². The first-order chi connectivity index (χ1) is 11.4. The van der Waals surface area contributed by atoms with E-state index in [1.54, 1.807) is 13.2 Å². The third-order valence-corrected chi connectivity index (χ3v) is 4.04. The summed E-state index contributed by atoms with van der Waals surface area (Å²) in [4.78, 5) is 12.3. The zero-order valence-corrected chi connectivity index (χ0v) is 15.0. The van der Waals surface area contributed by atoms with Crippen LogP contribution >= 0.6 is 0 Å². The number of hydrogen-bond donors (Lipinski definition) is 1. The van der Waals surface area contributed by atoms with Crippen LogP contribution in [0.1, 0.15) is 42.0 Å². The second kappa shape index (κ2) is 7.82. The van der Waals surface area contributed by atoms with Crippen LogP contribution in [-0.2, 0) is 4.79 Å². The lowest BCUT2D eigenvalue weighted by Crippen LogP contribution is -2.10. The molecule has 2 rings (SSSR count). The van der Waals surface area contributed by atoms with Crippen LogP contribution < -0.4 is 10.1 Å². The highest BCUT2D eigenvalue weighted by Gasteiger charge is 2.08. The standard InChI is InChI=1S/C21H25NO2/c1-14(2)18-8-6-7-9-20(18)22-21(23)11-10-19-15(3)12-17(24-5)13-16(19)4/h6-14H,1-5H3,(H,22,23)/b11-10+. The lowest BCUT2D eigenvalue weighted by Gasteiger charge is -2.12. The lowest BCUT2D eigenvalue weighted by atomic mass is 10.0. The Morgan fingerprint density at radius 3 is 2.33 bits per heavy atom. The van der Waals surface area contributed by atoms with E-state index in [4.69, 9.17) is 4.74 Å². The van der Waals surface area contributed by atoms with Gasteiger partial charge in [-0.25, -0.2) is 0 Å². The minimum atomic E-state index is -0.127. The van der Waals surface area contributed by atoms with Gasteiger partial charge in [0.15, 0.2) is 0 Å². The van der Waals surface area contributed by atoms with Crippen LogP contribution in [0, 0.1) is 13.8 Å². The zero-order chi connectivity index (χ0) is 17.7. The van der Waals surface area contributed by atoms with Gasteiger partial charge in [0.2, 0.25) is 5.91 Å². The van der Waals surface area contributed by atoms with Crippen molar-refractivity contribution in [2.45, 2.75) is 33.6 Å². The van der Waals surface area contributed by atoms with Gasteiger partial charge in [-0.1, -0.05) is 32.0 Å². The summed E-state index contributed by atoms with van der Waals surface area (Å²) in [6.45, 7) is 8.26. The maximum atomic E-state index is 12.3. The highest BCUT2D eigenvalue weighted by molar-refractivity contribution is 6.02. The lowest BCUT2D eigenvalue weighted by molar-refractivity contribution is -0.111. The summed E-state index contributed by atoms with van der Waals surface area (Å²) in [5.74, 6) is 1.06. The molecule has 3 heteroatoms. The van der Waals surface area contributed by atoms with E-state index < -0.39 is 0 Å². The molecule has 0 fully saturated rings. The number of carbonyl (C=O) groups is 1. The molecule has 0 saturated carbocycles. The van der Waals surface area contributed by atoms with E-state index in [-0.39, 0.29) is 5.91 Å². The van der Waals surface area contributed by atoms with Gasteiger partial charge in [-0.15, -0.1) is 0 Å². The van der Waals surface area contributed by atoms with Crippen molar-refractivity contribution in [2.24, 2.45) is 0 Å². The molecule has 0 unspecified atom stereocenters. The minimum Gasteiger partial charge on any atom is -0.497 e. The van der Waals surface area contributed by atoms with Crippen molar-refractivity contribution in [3.8, 4) is 5.75 Å². The Bertz CT molecular complexity index is 737. The number of nitrogens with one attached hydrogen (secondary N) is 1. The second-order valence-electron chi connectivity index (χ2n) is 6.24. The minimum absolute atomic E-state index is 0.127. The molecule has 0 aromatic heterocycles. The number of hydrogen-bond acceptors (Lipinski definition) is 2. The Morgan fingerprint density at radius 1 is 1.12 bits per heavy atom. The number of aryl methyl sites for hydroxylation is 2. The number of carbonyl (C=O) groups excluding carboxylic acids is 1. The van der Waals surface area contributed by atoms with E-state index in [1.165, 1.54) is 0 Å². The number of rotatable bonds is 5. The molecule has 0 saturated heterocycles. The van der Waals surface area contributed by atoms with Crippen LogP contribution in [0.25, 0.3) is 6.08 Å². The van der Waals surface area contributed by atoms with E-state index in [0.29, 0.717) is 5.92 Å². The summed E-state index contributed by atoms with van der Waals surface area (Å²) in [7, 11) is 1.66. The third kappa shape index (κ3) is 4.25. The van der Waals surface area contributed by atoms with Crippen LogP contribution in [0.2, 0.25) is 0 Å². The molecule has 0 heterocycles. The van der Waals surface area contributed by atoms with E-state index in [2.05, 4.69) is 19.2 Å². The molecule has 126 valence electrons. The molecule has 0 radical (unpaired) electrons. The summed E-state index contributed by atoms with van der Waals surface area (Å²) >= 11 is 0. The first-order valence-corrected chi connectivity index (χ1v) is 8.15. The van der Waals surface area contributed by atoms with E-state index in [0.717, 1.165) is 33.7 Å². The predicted octanol–water partition coefficient (Wildman–Crippen LogP) is 5.09. The molecule has 2 aromatic rings. The third-order valence-electron chi connectivity index (χ3n) is 4.04. The number of amides is 1. The van der Waals surface area contributed by atoms with Crippen molar-refractivity contribution in [3.05, 3.63) is 64.7 Å². The molecule has 24 heavy (non-hydrogen) atoms. The number of para-hydroxylation sites is 1. The van der Waals surface area contributed by atoms with Crippen molar-refractivity contribution in [1.29, 1.82) is 0 Å². The van der Waals surface area contributed by atoms with Crippen molar-refractivity contribution in [3.63, 3.8) is 0 Å². The fourth-order valence-corrected chi connectivity index (χ4v) is 2.76. The molecule has 0 spiro atoms. The first kappa shape index (κ1) is 17.8. The average Bonchev–Trinajstić information content (AvgIpc) is 2.54. The summed E-state index contributed by atoms with van der Waals surface area (Å²) in [5.41, 5.74) is 5.21. The maximum absolute atomic E-state index is 12.3. The smallest absolute Gasteiger partial charge is 0.248 e. The molecule has 1 N–H and O–H groups in total. The normalized spacial score (nSPS) is 11.1. The number of ether oxygens (including phenoxy) is 1. The van der Waals surface area contributed by atoms with Crippen molar-refractivity contribution >= 4 is 17.7 Å². The van der Waals surface area contributed by atoms with Gasteiger partial charge in [0.1, 0.15) is 5.75 Å².